The van der Waals surface area contributed by atoms with Crippen molar-refractivity contribution in [1.29, 1.82) is 0 Å². The maximum atomic E-state index is 13.6. The average Bonchev–Trinajstić information content (AvgIpc) is 2.71. The van der Waals surface area contributed by atoms with E-state index >= 15 is 0 Å². The zero-order valence-corrected chi connectivity index (χ0v) is 15.8. The molecule has 2 rings (SSSR count). The number of nitrogens with one attached hydrogen (secondary N) is 3. The summed E-state index contributed by atoms with van der Waals surface area (Å²) in [5, 5.41) is 6.97. The molecule has 2 aromatic rings. The van der Waals surface area contributed by atoms with Crippen molar-refractivity contribution < 1.29 is 27.6 Å². The molecular weight excluding hydrogens is 387 g/mol. The number of rotatable bonds is 7. The van der Waals surface area contributed by atoms with Crippen LogP contribution >= 0.6 is 0 Å². The van der Waals surface area contributed by atoms with E-state index in [0.29, 0.717) is 11.6 Å². The van der Waals surface area contributed by atoms with Gasteiger partial charge in [0, 0.05) is 5.56 Å². The van der Waals surface area contributed by atoms with Crippen molar-refractivity contribution in [2.24, 2.45) is 5.92 Å². The van der Waals surface area contributed by atoms with E-state index in [1.54, 1.807) is 44.2 Å². The van der Waals surface area contributed by atoms with Gasteiger partial charge in [-0.3, -0.25) is 14.4 Å². The van der Waals surface area contributed by atoms with Crippen molar-refractivity contribution in [1.82, 2.24) is 10.6 Å². The number of hydrogen-bond acceptors (Lipinski definition) is 3. The summed E-state index contributed by atoms with van der Waals surface area (Å²) in [6.45, 7) is 2.88. The van der Waals surface area contributed by atoms with Gasteiger partial charge in [0.05, 0.1) is 12.2 Å². The highest BCUT2D eigenvalue weighted by Gasteiger charge is 2.25. The van der Waals surface area contributed by atoms with Crippen LogP contribution in [0.4, 0.5) is 18.9 Å². The summed E-state index contributed by atoms with van der Waals surface area (Å²) in [6.07, 6.45) is 0. The number of anilines is 1. The molecule has 3 N–H and O–H groups in total. The highest BCUT2D eigenvalue weighted by molar-refractivity contribution is 5.99. The third-order valence-electron chi connectivity index (χ3n) is 4.00. The second-order valence-corrected chi connectivity index (χ2v) is 6.55. The molecule has 6 nitrogen and oxygen atoms in total. The maximum absolute atomic E-state index is 13.6. The number of hydrogen-bond donors (Lipinski definition) is 3. The first-order chi connectivity index (χ1) is 13.7. The van der Waals surface area contributed by atoms with Gasteiger partial charge in [0.15, 0.2) is 17.5 Å². The van der Waals surface area contributed by atoms with Crippen LogP contribution in [0.25, 0.3) is 0 Å². The summed E-state index contributed by atoms with van der Waals surface area (Å²) in [6, 6.07) is 8.91. The third-order valence-corrected chi connectivity index (χ3v) is 4.00. The fourth-order valence-electron chi connectivity index (χ4n) is 2.44. The van der Waals surface area contributed by atoms with Crippen molar-refractivity contribution in [3.63, 3.8) is 0 Å². The van der Waals surface area contributed by atoms with Gasteiger partial charge in [0.25, 0.3) is 5.91 Å². The highest BCUT2D eigenvalue weighted by Crippen LogP contribution is 2.19. The van der Waals surface area contributed by atoms with Gasteiger partial charge in [-0.2, -0.15) is 0 Å². The van der Waals surface area contributed by atoms with Gasteiger partial charge in [0.2, 0.25) is 11.8 Å². The lowest BCUT2D eigenvalue weighted by Gasteiger charge is -2.21. The van der Waals surface area contributed by atoms with Crippen molar-refractivity contribution >= 4 is 23.4 Å². The second kappa shape index (κ2) is 9.72. The van der Waals surface area contributed by atoms with Crippen LogP contribution in [0.1, 0.15) is 24.2 Å². The Morgan fingerprint density at radius 3 is 2.21 bits per heavy atom. The van der Waals surface area contributed by atoms with E-state index in [0.717, 1.165) is 6.07 Å². The summed E-state index contributed by atoms with van der Waals surface area (Å²) in [5.41, 5.74) is -0.182. The van der Waals surface area contributed by atoms with Crippen LogP contribution in [0.5, 0.6) is 0 Å². The molecule has 0 saturated carbocycles. The van der Waals surface area contributed by atoms with Crippen molar-refractivity contribution in [2.45, 2.75) is 19.9 Å². The largest absolute Gasteiger partial charge is 0.345 e. The van der Waals surface area contributed by atoms with Crippen LogP contribution in [-0.4, -0.2) is 30.3 Å². The minimum absolute atomic E-state index is 0.283. The fourth-order valence-corrected chi connectivity index (χ4v) is 2.44. The molecule has 0 bridgehead atoms. The molecule has 3 amide bonds. The molecule has 1 unspecified atom stereocenters. The molecule has 0 fully saturated rings. The lowest BCUT2D eigenvalue weighted by atomic mass is 10.0. The van der Waals surface area contributed by atoms with Crippen LogP contribution in [0.15, 0.2) is 42.5 Å². The van der Waals surface area contributed by atoms with Gasteiger partial charge in [-0.25, -0.2) is 13.2 Å². The molecule has 2 aromatic carbocycles. The van der Waals surface area contributed by atoms with Crippen LogP contribution in [0.2, 0.25) is 0 Å². The summed E-state index contributed by atoms with van der Waals surface area (Å²) in [5.74, 6) is -6.84. The Morgan fingerprint density at radius 2 is 1.59 bits per heavy atom. The summed E-state index contributed by atoms with van der Waals surface area (Å²) >= 11 is 0. The Hall–Kier alpha value is -3.36. The molecule has 0 aliphatic heterocycles. The number of amides is 3. The van der Waals surface area contributed by atoms with E-state index in [2.05, 4.69) is 10.6 Å². The fraction of sp³-hybridized carbons (Fsp3) is 0.250. The van der Waals surface area contributed by atoms with E-state index in [1.807, 2.05) is 5.32 Å². The Bertz CT molecular complexity index is 905. The van der Waals surface area contributed by atoms with Gasteiger partial charge >= 0.3 is 0 Å². The molecule has 1 atom stereocenters. The van der Waals surface area contributed by atoms with Crippen LogP contribution < -0.4 is 16.0 Å². The molecule has 0 heterocycles. The van der Waals surface area contributed by atoms with Gasteiger partial charge in [0.1, 0.15) is 6.04 Å². The Morgan fingerprint density at radius 1 is 0.931 bits per heavy atom. The quantitative estimate of drug-likeness (QED) is 0.617. The predicted octanol–water partition coefficient (Wildman–Crippen LogP) is 2.61. The van der Waals surface area contributed by atoms with E-state index in [-0.39, 0.29) is 5.92 Å². The van der Waals surface area contributed by atoms with E-state index < -0.39 is 53.4 Å². The molecule has 0 radical (unpaired) electrons. The Labute approximate surface area is 165 Å². The minimum Gasteiger partial charge on any atom is -0.345 e. The summed E-state index contributed by atoms with van der Waals surface area (Å²) in [7, 11) is 0. The van der Waals surface area contributed by atoms with Gasteiger partial charge in [-0.1, -0.05) is 32.0 Å². The average molecular weight is 407 g/mol. The monoisotopic (exact) mass is 407 g/mol. The topological polar surface area (TPSA) is 87.3 Å². The first kappa shape index (κ1) is 21.9. The van der Waals surface area contributed by atoms with E-state index in [4.69, 9.17) is 0 Å². The number of halogens is 3. The number of carbonyl (C=O) groups is 3. The number of carbonyl (C=O) groups excluding carboxylic acids is 3. The SMILES string of the molecule is CC(C)C(NC(=O)c1ccccc1)C(=O)NCC(=O)Nc1ccc(F)c(F)c1F. The Kier molecular flexibility index (Phi) is 7.35. The molecule has 29 heavy (non-hydrogen) atoms. The van der Waals surface area contributed by atoms with Crippen LogP contribution in [-0.2, 0) is 9.59 Å². The molecule has 0 aromatic heterocycles. The summed E-state index contributed by atoms with van der Waals surface area (Å²) in [4.78, 5) is 36.6. The summed E-state index contributed by atoms with van der Waals surface area (Å²) < 4.78 is 39.7. The number of benzene rings is 2. The van der Waals surface area contributed by atoms with E-state index in [9.17, 15) is 27.6 Å². The predicted molar refractivity (Wildman–Crippen MR) is 100 cm³/mol. The van der Waals surface area contributed by atoms with Gasteiger partial charge in [-0.15, -0.1) is 0 Å². The van der Waals surface area contributed by atoms with Crippen molar-refractivity contribution in [3.8, 4) is 0 Å². The normalized spacial score (nSPS) is 11.7. The molecule has 0 saturated heterocycles. The smallest absolute Gasteiger partial charge is 0.251 e. The molecular formula is C20H20F3N3O3. The first-order valence-corrected chi connectivity index (χ1v) is 8.77. The zero-order chi connectivity index (χ0) is 21.6. The van der Waals surface area contributed by atoms with Gasteiger partial charge in [-0.05, 0) is 30.2 Å². The molecule has 0 aliphatic carbocycles. The first-order valence-electron chi connectivity index (χ1n) is 8.77. The Balaban J connectivity index is 1.95. The standard InChI is InChI=1S/C20H20F3N3O3/c1-11(2)18(26-19(28)12-6-4-3-5-7-12)20(29)24-10-15(27)25-14-9-8-13(21)16(22)17(14)23/h3-9,11,18H,10H2,1-2H3,(H,24,29)(H,25,27)(H,26,28). The molecule has 0 spiro atoms. The maximum Gasteiger partial charge on any atom is 0.251 e. The van der Waals surface area contributed by atoms with Crippen molar-refractivity contribution in [2.75, 3.05) is 11.9 Å². The highest BCUT2D eigenvalue weighted by atomic mass is 19.2. The second-order valence-electron chi connectivity index (χ2n) is 6.55. The van der Waals surface area contributed by atoms with Crippen LogP contribution in [0, 0.1) is 23.4 Å². The molecule has 9 heteroatoms. The van der Waals surface area contributed by atoms with Gasteiger partial charge < -0.3 is 16.0 Å². The lowest BCUT2D eigenvalue weighted by Crippen LogP contribution is -2.51. The lowest BCUT2D eigenvalue weighted by molar-refractivity contribution is -0.126. The van der Waals surface area contributed by atoms with Crippen molar-refractivity contribution in [3.05, 3.63) is 65.5 Å². The third kappa shape index (κ3) is 5.81. The molecule has 0 aliphatic rings. The minimum atomic E-state index is -1.71. The van der Waals surface area contributed by atoms with E-state index in [1.165, 1.54) is 0 Å². The zero-order valence-electron chi connectivity index (χ0n) is 15.8. The molecule has 154 valence electrons. The van der Waals surface area contributed by atoms with Crippen LogP contribution in [0.3, 0.4) is 0 Å².